The molecular formula is C8H10BrN5S. The van der Waals surface area contributed by atoms with E-state index in [9.17, 15) is 0 Å². The molecule has 0 aliphatic heterocycles. The summed E-state index contributed by atoms with van der Waals surface area (Å²) in [5.74, 6) is 1.61. The first-order valence-electron chi connectivity index (χ1n) is 4.42. The van der Waals surface area contributed by atoms with Crippen LogP contribution in [0.3, 0.4) is 0 Å². The van der Waals surface area contributed by atoms with Crippen molar-refractivity contribution in [1.82, 2.24) is 19.1 Å². The smallest absolute Gasteiger partial charge is 0.230 e. The third kappa shape index (κ3) is 2.03. The van der Waals surface area contributed by atoms with Gasteiger partial charge in [0.25, 0.3) is 0 Å². The van der Waals surface area contributed by atoms with Gasteiger partial charge >= 0.3 is 0 Å². The van der Waals surface area contributed by atoms with Gasteiger partial charge in [0, 0.05) is 23.6 Å². The van der Waals surface area contributed by atoms with Gasteiger partial charge < -0.3 is 5.73 Å². The van der Waals surface area contributed by atoms with Crippen LogP contribution >= 0.6 is 27.5 Å². The number of aromatic nitrogens is 4. The SMILES string of the molecule is CC(C)c1nsc(-n2cc(Br)c(N)n2)n1. The zero-order valence-electron chi connectivity index (χ0n) is 8.31. The van der Waals surface area contributed by atoms with Crippen molar-refractivity contribution in [2.45, 2.75) is 19.8 Å². The van der Waals surface area contributed by atoms with Gasteiger partial charge in [-0.1, -0.05) is 13.8 Å². The van der Waals surface area contributed by atoms with E-state index in [1.165, 1.54) is 11.5 Å². The molecule has 0 saturated carbocycles. The van der Waals surface area contributed by atoms with Crippen LogP contribution in [0.1, 0.15) is 25.6 Å². The van der Waals surface area contributed by atoms with E-state index < -0.39 is 0 Å². The first-order chi connectivity index (χ1) is 7.08. The largest absolute Gasteiger partial charge is 0.381 e. The summed E-state index contributed by atoms with van der Waals surface area (Å²) in [7, 11) is 0. The normalized spacial score (nSPS) is 11.2. The predicted molar refractivity (Wildman–Crippen MR) is 63.2 cm³/mol. The van der Waals surface area contributed by atoms with Crippen LogP contribution in [-0.2, 0) is 0 Å². The van der Waals surface area contributed by atoms with Crippen molar-refractivity contribution in [3.63, 3.8) is 0 Å². The van der Waals surface area contributed by atoms with Gasteiger partial charge in [0.1, 0.15) is 5.82 Å². The van der Waals surface area contributed by atoms with Gasteiger partial charge in [-0.3, -0.25) is 0 Å². The lowest BCUT2D eigenvalue weighted by Crippen LogP contribution is -1.97. The standard InChI is InChI=1S/C8H10BrN5S/c1-4(2)7-11-8(15-13-7)14-3-5(9)6(10)12-14/h3-4H,1-2H3,(H2,10,12). The monoisotopic (exact) mass is 287 g/mol. The number of hydrogen-bond acceptors (Lipinski definition) is 5. The fourth-order valence-electron chi connectivity index (χ4n) is 1.02. The second-order valence-electron chi connectivity index (χ2n) is 3.40. The van der Waals surface area contributed by atoms with Gasteiger partial charge in [-0.05, 0) is 15.9 Å². The maximum atomic E-state index is 5.62. The highest BCUT2D eigenvalue weighted by Crippen LogP contribution is 2.21. The summed E-state index contributed by atoms with van der Waals surface area (Å²) in [5.41, 5.74) is 5.62. The molecule has 0 saturated heterocycles. The summed E-state index contributed by atoms with van der Waals surface area (Å²) in [6.45, 7) is 4.11. The quantitative estimate of drug-likeness (QED) is 0.919. The summed E-state index contributed by atoms with van der Waals surface area (Å²) in [5, 5.41) is 4.84. The zero-order valence-corrected chi connectivity index (χ0v) is 10.7. The molecule has 2 heterocycles. The van der Waals surface area contributed by atoms with Crippen molar-refractivity contribution in [2.24, 2.45) is 0 Å². The number of nitrogens with two attached hydrogens (primary N) is 1. The number of rotatable bonds is 2. The third-order valence-corrected chi connectivity index (χ3v) is 3.17. The molecule has 0 amide bonds. The Kier molecular flexibility index (Phi) is 2.74. The number of hydrogen-bond donors (Lipinski definition) is 1. The number of halogens is 1. The Balaban J connectivity index is 2.37. The molecule has 2 aromatic heterocycles. The van der Waals surface area contributed by atoms with Crippen LogP contribution in [-0.4, -0.2) is 19.1 Å². The summed E-state index contributed by atoms with van der Waals surface area (Å²) in [6, 6.07) is 0. The van der Waals surface area contributed by atoms with Crippen LogP contribution in [0.5, 0.6) is 0 Å². The molecule has 0 unspecified atom stereocenters. The predicted octanol–water partition coefficient (Wildman–Crippen LogP) is 2.19. The minimum Gasteiger partial charge on any atom is -0.381 e. The van der Waals surface area contributed by atoms with Crippen LogP contribution < -0.4 is 5.73 Å². The molecule has 0 aliphatic rings. The average Bonchev–Trinajstić information content (AvgIpc) is 2.74. The molecule has 0 bridgehead atoms. The van der Waals surface area contributed by atoms with E-state index in [0.717, 1.165) is 15.4 Å². The Bertz CT molecular complexity index is 456. The van der Waals surface area contributed by atoms with E-state index in [2.05, 4.69) is 44.2 Å². The molecule has 0 spiro atoms. The van der Waals surface area contributed by atoms with Crippen LogP contribution in [0.25, 0.3) is 5.13 Å². The fourth-order valence-corrected chi connectivity index (χ4v) is 2.03. The Morgan fingerprint density at radius 1 is 1.53 bits per heavy atom. The van der Waals surface area contributed by atoms with Gasteiger partial charge in [0.15, 0.2) is 5.82 Å². The average molecular weight is 288 g/mol. The molecule has 2 aromatic rings. The zero-order chi connectivity index (χ0) is 11.0. The Hall–Kier alpha value is -0.950. The molecule has 2 rings (SSSR count). The molecule has 80 valence electrons. The summed E-state index contributed by atoms with van der Waals surface area (Å²) in [4.78, 5) is 4.37. The summed E-state index contributed by atoms with van der Waals surface area (Å²) < 4.78 is 6.64. The van der Waals surface area contributed by atoms with E-state index in [0.29, 0.717) is 11.7 Å². The van der Waals surface area contributed by atoms with Crippen molar-refractivity contribution in [1.29, 1.82) is 0 Å². The van der Waals surface area contributed by atoms with Gasteiger partial charge in [0.05, 0.1) is 4.47 Å². The molecular weight excluding hydrogens is 278 g/mol. The maximum absolute atomic E-state index is 5.62. The van der Waals surface area contributed by atoms with Crippen LogP contribution in [0.2, 0.25) is 0 Å². The van der Waals surface area contributed by atoms with E-state index in [-0.39, 0.29) is 0 Å². The van der Waals surface area contributed by atoms with Gasteiger partial charge in [-0.25, -0.2) is 9.67 Å². The molecule has 0 aromatic carbocycles. The van der Waals surface area contributed by atoms with E-state index in [1.807, 2.05) is 0 Å². The Morgan fingerprint density at radius 3 is 2.73 bits per heavy atom. The van der Waals surface area contributed by atoms with Crippen molar-refractivity contribution in [3.8, 4) is 5.13 Å². The van der Waals surface area contributed by atoms with Crippen LogP contribution in [0, 0.1) is 0 Å². The Labute approximate surface area is 99.6 Å². The highest BCUT2D eigenvalue weighted by molar-refractivity contribution is 9.10. The minimum atomic E-state index is 0.325. The van der Waals surface area contributed by atoms with Crippen molar-refractivity contribution in [2.75, 3.05) is 5.73 Å². The molecule has 7 heteroatoms. The van der Waals surface area contributed by atoms with Gasteiger partial charge in [-0.15, -0.1) is 5.10 Å². The molecule has 15 heavy (non-hydrogen) atoms. The van der Waals surface area contributed by atoms with E-state index in [4.69, 9.17) is 5.73 Å². The van der Waals surface area contributed by atoms with E-state index in [1.54, 1.807) is 10.9 Å². The highest BCUT2D eigenvalue weighted by Gasteiger charge is 2.11. The first kappa shape index (κ1) is 10.6. The lowest BCUT2D eigenvalue weighted by molar-refractivity contribution is 0.782. The van der Waals surface area contributed by atoms with Gasteiger partial charge in [0.2, 0.25) is 5.13 Å². The van der Waals surface area contributed by atoms with Crippen LogP contribution in [0.15, 0.2) is 10.7 Å². The minimum absolute atomic E-state index is 0.325. The topological polar surface area (TPSA) is 69.6 Å². The van der Waals surface area contributed by atoms with Crippen molar-refractivity contribution >= 4 is 33.3 Å². The lowest BCUT2D eigenvalue weighted by atomic mass is 10.2. The van der Waals surface area contributed by atoms with Crippen molar-refractivity contribution in [3.05, 3.63) is 16.5 Å². The molecule has 2 N–H and O–H groups in total. The van der Waals surface area contributed by atoms with E-state index >= 15 is 0 Å². The van der Waals surface area contributed by atoms with Gasteiger partial charge in [-0.2, -0.15) is 4.37 Å². The molecule has 0 fully saturated rings. The summed E-state index contributed by atoms with van der Waals surface area (Å²) >= 11 is 4.61. The fraction of sp³-hybridized carbons (Fsp3) is 0.375. The third-order valence-electron chi connectivity index (χ3n) is 1.84. The molecule has 5 nitrogen and oxygen atoms in total. The first-order valence-corrected chi connectivity index (χ1v) is 5.99. The summed E-state index contributed by atoms with van der Waals surface area (Å²) in [6.07, 6.45) is 1.78. The molecule has 0 aliphatic carbocycles. The van der Waals surface area contributed by atoms with Crippen molar-refractivity contribution < 1.29 is 0 Å². The number of nitrogen functional groups attached to an aromatic ring is 1. The second-order valence-corrected chi connectivity index (χ2v) is 4.98. The number of anilines is 1. The number of nitrogens with zero attached hydrogens (tertiary/aromatic N) is 4. The lowest BCUT2D eigenvalue weighted by Gasteiger charge is -1.94. The highest BCUT2D eigenvalue weighted by atomic mass is 79.9. The molecule has 0 atom stereocenters. The Morgan fingerprint density at radius 2 is 2.27 bits per heavy atom. The molecule has 0 radical (unpaired) electrons. The van der Waals surface area contributed by atoms with Crippen LogP contribution in [0.4, 0.5) is 5.82 Å². The second kappa shape index (κ2) is 3.90. The maximum Gasteiger partial charge on any atom is 0.230 e.